The van der Waals surface area contributed by atoms with Crippen molar-refractivity contribution in [2.45, 2.75) is 13.3 Å². The standard InChI is InChI=1S/C18H16Cl2N2O2/c1-11-15(20)3-2-4-16(11)21-18(24)12-9-17(23)22(10-12)14-7-5-13(19)6-8-14/h2-8,12H,9-10H2,1H3,(H,21,24). The molecule has 0 aliphatic carbocycles. The molecule has 1 heterocycles. The molecule has 4 nitrogen and oxygen atoms in total. The fourth-order valence-corrected chi connectivity index (χ4v) is 3.03. The lowest BCUT2D eigenvalue weighted by Gasteiger charge is -2.17. The minimum atomic E-state index is -0.397. The van der Waals surface area contributed by atoms with Gasteiger partial charge in [-0.1, -0.05) is 29.3 Å². The summed E-state index contributed by atoms with van der Waals surface area (Å²) < 4.78 is 0. The largest absolute Gasteiger partial charge is 0.325 e. The van der Waals surface area contributed by atoms with Gasteiger partial charge in [-0.2, -0.15) is 0 Å². The van der Waals surface area contributed by atoms with Gasteiger partial charge in [0.1, 0.15) is 0 Å². The van der Waals surface area contributed by atoms with Gasteiger partial charge in [0.15, 0.2) is 0 Å². The van der Waals surface area contributed by atoms with Crippen LogP contribution in [-0.2, 0) is 9.59 Å². The molecule has 1 unspecified atom stereocenters. The van der Waals surface area contributed by atoms with E-state index in [-0.39, 0.29) is 18.2 Å². The molecule has 1 atom stereocenters. The van der Waals surface area contributed by atoms with Crippen molar-refractivity contribution >= 4 is 46.4 Å². The molecule has 0 bridgehead atoms. The predicted octanol–water partition coefficient (Wildman–Crippen LogP) is 4.29. The van der Waals surface area contributed by atoms with Crippen LogP contribution in [0.3, 0.4) is 0 Å². The van der Waals surface area contributed by atoms with Crippen molar-refractivity contribution in [2.75, 3.05) is 16.8 Å². The Bertz CT molecular complexity index is 790. The van der Waals surface area contributed by atoms with Gasteiger partial charge >= 0.3 is 0 Å². The van der Waals surface area contributed by atoms with Crippen LogP contribution < -0.4 is 10.2 Å². The quantitative estimate of drug-likeness (QED) is 0.884. The summed E-state index contributed by atoms with van der Waals surface area (Å²) in [4.78, 5) is 26.4. The third-order valence-electron chi connectivity index (χ3n) is 4.16. The van der Waals surface area contributed by atoms with Crippen LogP contribution in [0.25, 0.3) is 0 Å². The van der Waals surface area contributed by atoms with Crippen LogP contribution in [0.4, 0.5) is 11.4 Å². The van der Waals surface area contributed by atoms with E-state index in [2.05, 4.69) is 5.32 Å². The maximum Gasteiger partial charge on any atom is 0.229 e. The van der Waals surface area contributed by atoms with Gasteiger partial charge < -0.3 is 10.2 Å². The summed E-state index contributed by atoms with van der Waals surface area (Å²) in [5, 5.41) is 4.07. The number of carbonyl (C=O) groups is 2. The zero-order chi connectivity index (χ0) is 17.3. The highest BCUT2D eigenvalue weighted by Gasteiger charge is 2.35. The molecule has 24 heavy (non-hydrogen) atoms. The Balaban J connectivity index is 1.72. The van der Waals surface area contributed by atoms with Crippen molar-refractivity contribution in [3.8, 4) is 0 Å². The first-order valence-corrected chi connectivity index (χ1v) is 8.33. The Morgan fingerprint density at radius 1 is 1.17 bits per heavy atom. The molecule has 1 fully saturated rings. The van der Waals surface area contributed by atoms with E-state index in [9.17, 15) is 9.59 Å². The molecule has 0 radical (unpaired) electrons. The van der Waals surface area contributed by atoms with Gasteiger partial charge in [-0.05, 0) is 48.9 Å². The SMILES string of the molecule is Cc1c(Cl)cccc1NC(=O)C1CC(=O)N(c2ccc(Cl)cc2)C1. The first-order valence-electron chi connectivity index (χ1n) is 7.57. The molecule has 0 spiro atoms. The van der Waals surface area contributed by atoms with E-state index in [0.29, 0.717) is 22.3 Å². The maximum absolute atomic E-state index is 12.5. The van der Waals surface area contributed by atoms with E-state index in [1.807, 2.05) is 6.92 Å². The van der Waals surface area contributed by atoms with Crippen LogP contribution in [0.15, 0.2) is 42.5 Å². The number of anilines is 2. The summed E-state index contributed by atoms with van der Waals surface area (Å²) in [6.45, 7) is 2.20. The number of nitrogens with one attached hydrogen (secondary N) is 1. The molecular formula is C18H16Cl2N2O2. The van der Waals surface area contributed by atoms with Gasteiger partial charge in [-0.3, -0.25) is 9.59 Å². The van der Waals surface area contributed by atoms with Gasteiger partial charge in [0.25, 0.3) is 0 Å². The van der Waals surface area contributed by atoms with Crippen LogP contribution in [0.1, 0.15) is 12.0 Å². The lowest BCUT2D eigenvalue weighted by atomic mass is 10.1. The Morgan fingerprint density at radius 3 is 2.58 bits per heavy atom. The topological polar surface area (TPSA) is 49.4 Å². The van der Waals surface area contributed by atoms with Crippen LogP contribution >= 0.6 is 23.2 Å². The Kier molecular flexibility index (Phi) is 4.78. The van der Waals surface area contributed by atoms with E-state index in [4.69, 9.17) is 23.2 Å². The van der Waals surface area contributed by atoms with Gasteiger partial charge in [0.05, 0.1) is 5.92 Å². The van der Waals surface area contributed by atoms with E-state index < -0.39 is 5.92 Å². The normalized spacial score (nSPS) is 17.2. The maximum atomic E-state index is 12.5. The number of halogens is 2. The minimum Gasteiger partial charge on any atom is -0.325 e. The molecule has 1 aliphatic heterocycles. The summed E-state index contributed by atoms with van der Waals surface area (Å²) >= 11 is 11.9. The van der Waals surface area contributed by atoms with Crippen LogP contribution in [0.2, 0.25) is 10.0 Å². The van der Waals surface area contributed by atoms with Crippen molar-refractivity contribution in [3.63, 3.8) is 0 Å². The fourth-order valence-electron chi connectivity index (χ4n) is 2.73. The van der Waals surface area contributed by atoms with E-state index in [1.54, 1.807) is 47.4 Å². The van der Waals surface area contributed by atoms with Gasteiger partial charge in [-0.15, -0.1) is 0 Å². The van der Waals surface area contributed by atoms with Crippen LogP contribution in [0.5, 0.6) is 0 Å². The number of rotatable bonds is 3. The van der Waals surface area contributed by atoms with Crippen molar-refractivity contribution in [3.05, 3.63) is 58.1 Å². The number of benzene rings is 2. The second kappa shape index (κ2) is 6.83. The highest BCUT2D eigenvalue weighted by Crippen LogP contribution is 2.28. The van der Waals surface area contributed by atoms with Crippen molar-refractivity contribution < 1.29 is 9.59 Å². The summed E-state index contributed by atoms with van der Waals surface area (Å²) in [6, 6.07) is 12.4. The predicted molar refractivity (Wildman–Crippen MR) is 96.7 cm³/mol. The molecule has 3 rings (SSSR count). The second-order valence-corrected chi connectivity index (χ2v) is 6.63. The van der Waals surface area contributed by atoms with Gasteiger partial charge in [-0.25, -0.2) is 0 Å². The third kappa shape index (κ3) is 3.40. The summed E-state index contributed by atoms with van der Waals surface area (Å²) in [6.07, 6.45) is 0.189. The molecule has 124 valence electrons. The number of amides is 2. The Labute approximate surface area is 150 Å². The minimum absolute atomic E-state index is 0.0692. The van der Waals surface area contributed by atoms with Crippen molar-refractivity contribution in [1.82, 2.24) is 0 Å². The molecule has 2 amide bonds. The molecule has 1 N–H and O–H groups in total. The molecule has 6 heteroatoms. The molecule has 0 aromatic heterocycles. The van der Waals surface area contributed by atoms with E-state index in [0.717, 1.165) is 11.3 Å². The van der Waals surface area contributed by atoms with Gasteiger partial charge in [0, 0.05) is 34.4 Å². The average molecular weight is 363 g/mol. The molecule has 2 aromatic rings. The number of hydrogen-bond donors (Lipinski definition) is 1. The highest BCUT2D eigenvalue weighted by atomic mass is 35.5. The summed E-state index contributed by atoms with van der Waals surface area (Å²) in [5.74, 6) is -0.642. The molecular weight excluding hydrogens is 347 g/mol. The lowest BCUT2D eigenvalue weighted by molar-refractivity contribution is -0.122. The first kappa shape index (κ1) is 16.8. The third-order valence-corrected chi connectivity index (χ3v) is 4.82. The number of hydrogen-bond acceptors (Lipinski definition) is 2. The van der Waals surface area contributed by atoms with E-state index >= 15 is 0 Å². The molecule has 1 aliphatic rings. The van der Waals surface area contributed by atoms with Crippen LogP contribution in [-0.4, -0.2) is 18.4 Å². The second-order valence-electron chi connectivity index (χ2n) is 5.78. The highest BCUT2D eigenvalue weighted by molar-refractivity contribution is 6.31. The van der Waals surface area contributed by atoms with Crippen molar-refractivity contribution in [2.24, 2.45) is 5.92 Å². The molecule has 1 saturated heterocycles. The molecule has 0 saturated carbocycles. The van der Waals surface area contributed by atoms with E-state index in [1.165, 1.54) is 0 Å². The smallest absolute Gasteiger partial charge is 0.229 e. The summed E-state index contributed by atoms with van der Waals surface area (Å²) in [7, 11) is 0. The van der Waals surface area contributed by atoms with Crippen LogP contribution in [0, 0.1) is 12.8 Å². The zero-order valence-corrected chi connectivity index (χ0v) is 14.6. The first-order chi connectivity index (χ1) is 11.5. The van der Waals surface area contributed by atoms with Gasteiger partial charge in [0.2, 0.25) is 11.8 Å². The number of nitrogens with zero attached hydrogens (tertiary/aromatic N) is 1. The summed E-state index contributed by atoms with van der Waals surface area (Å²) in [5.41, 5.74) is 2.23. The monoisotopic (exact) mass is 362 g/mol. The fraction of sp³-hybridized carbons (Fsp3) is 0.222. The number of carbonyl (C=O) groups excluding carboxylic acids is 2. The lowest BCUT2D eigenvalue weighted by Crippen LogP contribution is -2.28. The Hall–Kier alpha value is -2.04. The Morgan fingerprint density at radius 2 is 1.88 bits per heavy atom. The molecule has 2 aromatic carbocycles. The van der Waals surface area contributed by atoms with Crippen molar-refractivity contribution in [1.29, 1.82) is 0 Å². The average Bonchev–Trinajstić information content (AvgIpc) is 2.94. The zero-order valence-electron chi connectivity index (χ0n) is 13.1.